The summed E-state index contributed by atoms with van der Waals surface area (Å²) in [4.78, 5) is 37.5. The van der Waals surface area contributed by atoms with E-state index in [-0.39, 0.29) is 30.2 Å². The molecule has 1 aliphatic rings. The lowest BCUT2D eigenvalue weighted by Crippen LogP contribution is -2.49. The van der Waals surface area contributed by atoms with Crippen molar-refractivity contribution >= 4 is 24.0 Å². The van der Waals surface area contributed by atoms with Gasteiger partial charge in [0.25, 0.3) is 0 Å². The van der Waals surface area contributed by atoms with Gasteiger partial charge in [0.15, 0.2) is 0 Å². The minimum atomic E-state index is -0.624. The standard InChI is InChI=1S/C21H28FN3O4/c1-21(2,3)29-20(28)23-14-19(27)25-12-10-17(11-13-25)24-18(26)9-6-15-4-7-16(22)8-5-15/h4-9,17H,10-14H2,1-3H3,(H,23,28)(H,24,26)/b9-6+. The van der Waals surface area contributed by atoms with E-state index < -0.39 is 11.7 Å². The SMILES string of the molecule is CC(C)(C)OC(=O)NCC(=O)N1CCC(NC(=O)/C=C/c2ccc(F)cc2)CC1. The fraction of sp³-hybridized carbons (Fsp3) is 0.476. The van der Waals surface area contributed by atoms with Crippen LogP contribution in [0.4, 0.5) is 9.18 Å². The van der Waals surface area contributed by atoms with E-state index in [2.05, 4.69) is 10.6 Å². The zero-order valence-corrected chi connectivity index (χ0v) is 17.0. The Morgan fingerprint density at radius 2 is 1.79 bits per heavy atom. The van der Waals surface area contributed by atoms with Crippen molar-refractivity contribution in [2.45, 2.75) is 45.3 Å². The van der Waals surface area contributed by atoms with E-state index in [4.69, 9.17) is 4.74 Å². The van der Waals surface area contributed by atoms with Crippen molar-refractivity contribution in [2.75, 3.05) is 19.6 Å². The first-order chi connectivity index (χ1) is 13.6. The van der Waals surface area contributed by atoms with Gasteiger partial charge < -0.3 is 20.3 Å². The molecule has 0 bridgehead atoms. The molecule has 0 unspecified atom stereocenters. The molecule has 0 aromatic heterocycles. The smallest absolute Gasteiger partial charge is 0.408 e. The van der Waals surface area contributed by atoms with Crippen LogP contribution in [0.25, 0.3) is 6.08 Å². The van der Waals surface area contributed by atoms with Crippen molar-refractivity contribution < 1.29 is 23.5 Å². The number of halogens is 1. The van der Waals surface area contributed by atoms with Gasteiger partial charge in [-0.05, 0) is 57.4 Å². The van der Waals surface area contributed by atoms with Crippen LogP contribution < -0.4 is 10.6 Å². The molecule has 1 heterocycles. The summed E-state index contributed by atoms with van der Waals surface area (Å²) >= 11 is 0. The summed E-state index contributed by atoms with van der Waals surface area (Å²) in [5, 5.41) is 5.37. The van der Waals surface area contributed by atoms with Crippen molar-refractivity contribution in [1.82, 2.24) is 15.5 Å². The van der Waals surface area contributed by atoms with Crippen molar-refractivity contribution in [3.8, 4) is 0 Å². The second kappa shape index (κ2) is 10.0. The van der Waals surface area contributed by atoms with Gasteiger partial charge in [0.05, 0.1) is 0 Å². The maximum Gasteiger partial charge on any atom is 0.408 e. The van der Waals surface area contributed by atoms with Crippen LogP contribution in [0.1, 0.15) is 39.2 Å². The first-order valence-electron chi connectivity index (χ1n) is 9.61. The second-order valence-corrected chi connectivity index (χ2v) is 7.90. The molecule has 1 aromatic carbocycles. The molecule has 0 spiro atoms. The summed E-state index contributed by atoms with van der Waals surface area (Å²) in [6.45, 7) is 6.14. The fourth-order valence-electron chi connectivity index (χ4n) is 2.84. The summed E-state index contributed by atoms with van der Waals surface area (Å²) in [5.41, 5.74) is 0.119. The average molecular weight is 405 g/mol. The van der Waals surface area contributed by atoms with Crippen molar-refractivity contribution in [1.29, 1.82) is 0 Å². The molecule has 0 aliphatic carbocycles. The molecule has 1 aliphatic heterocycles. The largest absolute Gasteiger partial charge is 0.444 e. The first-order valence-corrected chi connectivity index (χ1v) is 9.61. The first kappa shape index (κ1) is 22.4. The topological polar surface area (TPSA) is 87.7 Å². The van der Waals surface area contributed by atoms with Crippen LogP contribution in [0.15, 0.2) is 30.3 Å². The van der Waals surface area contributed by atoms with Gasteiger partial charge >= 0.3 is 6.09 Å². The zero-order valence-electron chi connectivity index (χ0n) is 17.0. The number of ether oxygens (including phenoxy) is 1. The molecule has 29 heavy (non-hydrogen) atoms. The highest BCUT2D eigenvalue weighted by Gasteiger charge is 2.24. The lowest BCUT2D eigenvalue weighted by molar-refractivity contribution is -0.131. The van der Waals surface area contributed by atoms with Crippen LogP contribution in [-0.2, 0) is 14.3 Å². The number of hydrogen-bond acceptors (Lipinski definition) is 4. The molecule has 1 saturated heterocycles. The van der Waals surface area contributed by atoms with Gasteiger partial charge in [0, 0.05) is 25.2 Å². The van der Waals surface area contributed by atoms with Crippen LogP contribution in [0, 0.1) is 5.82 Å². The van der Waals surface area contributed by atoms with Gasteiger partial charge in [-0.1, -0.05) is 12.1 Å². The maximum atomic E-state index is 12.9. The average Bonchev–Trinajstić information content (AvgIpc) is 2.65. The highest BCUT2D eigenvalue weighted by molar-refractivity contribution is 5.92. The number of alkyl carbamates (subject to hydrolysis) is 1. The monoisotopic (exact) mass is 405 g/mol. The number of carbonyl (C=O) groups is 3. The molecule has 0 radical (unpaired) electrons. The Hall–Kier alpha value is -2.90. The van der Waals surface area contributed by atoms with Crippen molar-refractivity contribution in [3.63, 3.8) is 0 Å². The number of likely N-dealkylation sites (tertiary alicyclic amines) is 1. The van der Waals surface area contributed by atoms with Gasteiger partial charge in [-0.3, -0.25) is 9.59 Å². The number of nitrogens with zero attached hydrogens (tertiary/aromatic N) is 1. The third-order valence-electron chi connectivity index (χ3n) is 4.27. The summed E-state index contributed by atoms with van der Waals surface area (Å²) in [6.07, 6.45) is 3.68. The Morgan fingerprint density at radius 1 is 1.17 bits per heavy atom. The van der Waals surface area contributed by atoms with Crippen LogP contribution in [0.5, 0.6) is 0 Å². The van der Waals surface area contributed by atoms with Gasteiger partial charge in [-0.25, -0.2) is 9.18 Å². The lowest BCUT2D eigenvalue weighted by Gasteiger charge is -2.32. The molecule has 8 heteroatoms. The number of benzene rings is 1. The molecular formula is C21H28FN3O4. The van der Waals surface area contributed by atoms with E-state index in [1.807, 2.05) is 0 Å². The van der Waals surface area contributed by atoms with Gasteiger partial charge in [0.2, 0.25) is 11.8 Å². The normalized spacial score (nSPS) is 15.2. The van der Waals surface area contributed by atoms with Crippen LogP contribution >= 0.6 is 0 Å². The van der Waals surface area contributed by atoms with Gasteiger partial charge in [-0.2, -0.15) is 0 Å². The third-order valence-corrected chi connectivity index (χ3v) is 4.27. The van der Waals surface area contributed by atoms with Gasteiger partial charge in [0.1, 0.15) is 18.0 Å². The van der Waals surface area contributed by atoms with Crippen LogP contribution in [-0.4, -0.2) is 54.1 Å². The Kier molecular flexibility index (Phi) is 7.75. The van der Waals surface area contributed by atoms with Crippen molar-refractivity contribution in [2.24, 2.45) is 0 Å². The highest BCUT2D eigenvalue weighted by Crippen LogP contribution is 2.11. The zero-order chi connectivity index (χ0) is 21.4. The van der Waals surface area contributed by atoms with Crippen molar-refractivity contribution in [3.05, 3.63) is 41.7 Å². The van der Waals surface area contributed by atoms with E-state index in [1.165, 1.54) is 18.2 Å². The minimum Gasteiger partial charge on any atom is -0.444 e. The summed E-state index contributed by atoms with van der Waals surface area (Å²) < 4.78 is 18.0. The van der Waals surface area contributed by atoms with E-state index in [0.29, 0.717) is 25.9 Å². The predicted octanol–water partition coefficient (Wildman–Crippen LogP) is 2.47. The summed E-state index contributed by atoms with van der Waals surface area (Å²) in [6, 6.07) is 5.83. The molecule has 7 nitrogen and oxygen atoms in total. The van der Waals surface area contributed by atoms with E-state index in [0.717, 1.165) is 5.56 Å². The quantitative estimate of drug-likeness (QED) is 0.737. The molecule has 2 rings (SSSR count). The molecule has 158 valence electrons. The number of amides is 3. The molecule has 1 aromatic rings. The number of carbonyl (C=O) groups excluding carboxylic acids is 3. The van der Waals surface area contributed by atoms with Crippen LogP contribution in [0.2, 0.25) is 0 Å². The maximum absolute atomic E-state index is 12.9. The Bertz CT molecular complexity index is 748. The molecule has 3 amide bonds. The molecule has 2 N–H and O–H groups in total. The number of rotatable bonds is 5. The lowest BCUT2D eigenvalue weighted by atomic mass is 10.0. The highest BCUT2D eigenvalue weighted by atomic mass is 19.1. The third kappa shape index (κ3) is 8.33. The van der Waals surface area contributed by atoms with Crippen LogP contribution in [0.3, 0.4) is 0 Å². The number of hydrogen-bond donors (Lipinski definition) is 2. The van der Waals surface area contributed by atoms with Gasteiger partial charge in [-0.15, -0.1) is 0 Å². The summed E-state index contributed by atoms with van der Waals surface area (Å²) in [7, 11) is 0. The Morgan fingerprint density at radius 3 is 2.38 bits per heavy atom. The Labute approximate surface area is 170 Å². The van der Waals surface area contributed by atoms with E-state index >= 15 is 0 Å². The Balaban J connectivity index is 1.70. The second-order valence-electron chi connectivity index (χ2n) is 7.90. The summed E-state index contributed by atoms with van der Waals surface area (Å²) in [5.74, 6) is -0.739. The predicted molar refractivity (Wildman–Crippen MR) is 107 cm³/mol. The number of nitrogens with one attached hydrogen (secondary N) is 2. The molecule has 1 fully saturated rings. The molecular weight excluding hydrogens is 377 g/mol. The molecule has 0 atom stereocenters. The molecule has 0 saturated carbocycles. The fourth-order valence-corrected chi connectivity index (χ4v) is 2.84. The minimum absolute atomic E-state index is 0.0248. The number of piperidine rings is 1. The van der Waals surface area contributed by atoms with E-state index in [1.54, 1.807) is 43.9 Å². The van der Waals surface area contributed by atoms with E-state index in [9.17, 15) is 18.8 Å².